The van der Waals surface area contributed by atoms with Crippen molar-refractivity contribution in [3.8, 4) is 0 Å². The average Bonchev–Trinajstić information content (AvgIpc) is 3.21. The number of furan rings is 1. The summed E-state index contributed by atoms with van der Waals surface area (Å²) in [5.74, 6) is -0.154. The van der Waals surface area contributed by atoms with E-state index in [1.165, 1.54) is 48.6 Å². The smallest absolute Gasteiger partial charge is 0.374 e. The molecule has 0 amide bonds. The highest BCUT2D eigenvalue weighted by Crippen LogP contribution is 2.31. The first-order valence-electron chi connectivity index (χ1n) is 6.79. The number of benzene rings is 1. The molecule has 0 aliphatic rings. The van der Waals surface area contributed by atoms with E-state index in [4.69, 9.17) is 4.42 Å². The van der Waals surface area contributed by atoms with Crippen LogP contribution in [0.15, 0.2) is 45.4 Å². The molecule has 0 unspecified atom stereocenters. The van der Waals surface area contributed by atoms with Gasteiger partial charge in [0.1, 0.15) is 5.82 Å². The fourth-order valence-electron chi connectivity index (χ4n) is 1.87. The van der Waals surface area contributed by atoms with Gasteiger partial charge in [-0.15, -0.1) is 10.2 Å². The zero-order valence-corrected chi connectivity index (χ0v) is 14.1. The third-order valence-corrected chi connectivity index (χ3v) is 4.97. The summed E-state index contributed by atoms with van der Waals surface area (Å²) in [5.41, 5.74) is 1.33. The minimum atomic E-state index is -0.513. The molecule has 24 heavy (non-hydrogen) atoms. The van der Waals surface area contributed by atoms with Gasteiger partial charge in [-0.3, -0.25) is 0 Å². The molecule has 0 fully saturated rings. The van der Waals surface area contributed by atoms with Crippen LogP contribution in [0.2, 0.25) is 0 Å². The number of carbonyl (C=O) groups is 1. The normalized spacial score (nSPS) is 10.6. The van der Waals surface area contributed by atoms with Crippen LogP contribution in [0, 0.1) is 5.82 Å². The number of methoxy groups -OCH3 is 1. The van der Waals surface area contributed by atoms with Crippen LogP contribution in [0.3, 0.4) is 0 Å². The third kappa shape index (κ3) is 3.92. The number of hydrogen-bond donors (Lipinski definition) is 1. The number of thioether (sulfide) groups is 1. The van der Waals surface area contributed by atoms with Crippen LogP contribution >= 0.6 is 23.1 Å². The highest BCUT2D eigenvalue weighted by Gasteiger charge is 2.16. The summed E-state index contributed by atoms with van der Waals surface area (Å²) >= 11 is 2.75. The summed E-state index contributed by atoms with van der Waals surface area (Å²) < 4.78 is 23.7. The molecule has 0 saturated heterocycles. The minimum absolute atomic E-state index is 0.188. The molecule has 6 nitrogen and oxygen atoms in total. The Hall–Kier alpha value is -2.39. The van der Waals surface area contributed by atoms with Crippen LogP contribution in [-0.4, -0.2) is 23.3 Å². The zero-order chi connectivity index (χ0) is 16.9. The lowest BCUT2D eigenvalue weighted by Gasteiger charge is -2.00. The van der Waals surface area contributed by atoms with Crippen molar-refractivity contribution in [2.45, 2.75) is 10.1 Å². The summed E-state index contributed by atoms with van der Waals surface area (Å²) in [6.45, 7) is 0. The fourth-order valence-corrected chi connectivity index (χ4v) is 3.62. The highest BCUT2D eigenvalue weighted by molar-refractivity contribution is 8.00. The van der Waals surface area contributed by atoms with Gasteiger partial charge in [0.25, 0.3) is 0 Å². The Bertz CT molecular complexity index is 850. The van der Waals surface area contributed by atoms with Crippen molar-refractivity contribution < 1.29 is 18.3 Å². The minimum Gasteiger partial charge on any atom is -0.463 e. The van der Waals surface area contributed by atoms with Crippen LogP contribution in [0.5, 0.6) is 0 Å². The second-order valence-corrected chi connectivity index (χ2v) is 6.76. The lowest BCUT2D eigenvalue weighted by atomic mass is 10.3. The van der Waals surface area contributed by atoms with Gasteiger partial charge in [-0.1, -0.05) is 29.2 Å². The quantitative estimate of drug-likeness (QED) is 0.521. The highest BCUT2D eigenvalue weighted by atomic mass is 32.2. The Labute approximate surface area is 145 Å². The predicted molar refractivity (Wildman–Crippen MR) is 89.2 cm³/mol. The summed E-state index contributed by atoms with van der Waals surface area (Å²) in [4.78, 5) is 11.6. The van der Waals surface area contributed by atoms with Gasteiger partial charge in [-0.25, -0.2) is 9.18 Å². The SMILES string of the molecule is COC(=O)c1occc1CSc1nnc(Nc2cccc(F)c2)s1. The van der Waals surface area contributed by atoms with Gasteiger partial charge in [-0.05, 0) is 24.3 Å². The van der Waals surface area contributed by atoms with Gasteiger partial charge >= 0.3 is 5.97 Å². The Morgan fingerprint density at radius 1 is 1.42 bits per heavy atom. The molecule has 0 spiro atoms. The molecule has 0 bridgehead atoms. The molecule has 9 heteroatoms. The van der Waals surface area contributed by atoms with E-state index in [2.05, 4.69) is 20.3 Å². The van der Waals surface area contributed by atoms with Crippen molar-refractivity contribution in [2.24, 2.45) is 0 Å². The number of anilines is 2. The maximum Gasteiger partial charge on any atom is 0.374 e. The van der Waals surface area contributed by atoms with E-state index >= 15 is 0 Å². The summed E-state index contributed by atoms with van der Waals surface area (Å²) in [7, 11) is 1.30. The monoisotopic (exact) mass is 365 g/mol. The van der Waals surface area contributed by atoms with E-state index in [1.807, 2.05) is 0 Å². The van der Waals surface area contributed by atoms with Crippen molar-refractivity contribution in [3.63, 3.8) is 0 Å². The summed E-state index contributed by atoms with van der Waals surface area (Å²) in [6.07, 6.45) is 1.44. The Morgan fingerprint density at radius 2 is 2.29 bits per heavy atom. The number of nitrogens with one attached hydrogen (secondary N) is 1. The van der Waals surface area contributed by atoms with Gasteiger partial charge in [0.05, 0.1) is 13.4 Å². The Balaban J connectivity index is 1.62. The molecule has 0 radical (unpaired) electrons. The van der Waals surface area contributed by atoms with E-state index in [1.54, 1.807) is 18.2 Å². The van der Waals surface area contributed by atoms with Crippen molar-refractivity contribution in [1.82, 2.24) is 10.2 Å². The molecule has 2 aromatic heterocycles. The van der Waals surface area contributed by atoms with Crippen molar-refractivity contribution >= 4 is 39.9 Å². The molecule has 1 aromatic carbocycles. The molecule has 1 N–H and O–H groups in total. The fraction of sp³-hybridized carbons (Fsp3) is 0.133. The summed E-state index contributed by atoms with van der Waals surface area (Å²) in [6, 6.07) is 7.82. The van der Waals surface area contributed by atoms with Crippen molar-refractivity contribution in [1.29, 1.82) is 0 Å². The lowest BCUT2D eigenvalue weighted by Crippen LogP contribution is -2.02. The van der Waals surface area contributed by atoms with Crippen LogP contribution in [0.4, 0.5) is 15.2 Å². The largest absolute Gasteiger partial charge is 0.463 e. The average molecular weight is 365 g/mol. The Kier molecular flexibility index (Phi) is 5.11. The number of rotatable bonds is 6. The number of nitrogens with zero attached hydrogens (tertiary/aromatic N) is 2. The zero-order valence-electron chi connectivity index (χ0n) is 12.5. The number of halogens is 1. The van der Waals surface area contributed by atoms with Gasteiger partial charge in [-0.2, -0.15) is 0 Å². The van der Waals surface area contributed by atoms with Crippen molar-refractivity contribution in [3.05, 3.63) is 53.7 Å². The van der Waals surface area contributed by atoms with E-state index in [0.717, 1.165) is 5.56 Å². The maximum atomic E-state index is 13.2. The molecular weight excluding hydrogens is 353 g/mol. The number of carbonyl (C=O) groups excluding carboxylic acids is 1. The molecule has 3 rings (SSSR count). The van der Waals surface area contributed by atoms with Gasteiger partial charge in [0.15, 0.2) is 4.34 Å². The van der Waals surface area contributed by atoms with Gasteiger partial charge < -0.3 is 14.5 Å². The van der Waals surface area contributed by atoms with E-state index < -0.39 is 5.97 Å². The van der Waals surface area contributed by atoms with Gasteiger partial charge in [0, 0.05) is 17.0 Å². The molecule has 3 aromatic rings. The van der Waals surface area contributed by atoms with E-state index in [9.17, 15) is 9.18 Å². The maximum absolute atomic E-state index is 13.2. The van der Waals surface area contributed by atoms with Crippen LogP contribution in [0.25, 0.3) is 0 Å². The first kappa shape index (κ1) is 16.5. The third-order valence-electron chi connectivity index (χ3n) is 2.95. The number of hydrogen-bond acceptors (Lipinski definition) is 8. The molecule has 0 saturated carbocycles. The Morgan fingerprint density at radius 3 is 3.08 bits per heavy atom. The lowest BCUT2D eigenvalue weighted by molar-refractivity contribution is 0.0564. The van der Waals surface area contributed by atoms with Crippen molar-refractivity contribution in [2.75, 3.05) is 12.4 Å². The van der Waals surface area contributed by atoms with E-state index in [0.29, 0.717) is 20.9 Å². The molecular formula is C15H12FN3O3S2. The standard InChI is InChI=1S/C15H12FN3O3S2/c1-21-13(20)12-9(5-6-22-12)8-23-15-19-18-14(24-15)17-11-4-2-3-10(16)7-11/h2-7H,8H2,1H3,(H,17,18). The molecule has 0 atom stereocenters. The van der Waals surface area contributed by atoms with Gasteiger partial charge in [0.2, 0.25) is 10.9 Å². The number of aromatic nitrogens is 2. The molecule has 124 valence electrons. The molecule has 0 aliphatic heterocycles. The summed E-state index contributed by atoms with van der Waals surface area (Å²) in [5, 5.41) is 11.6. The van der Waals surface area contributed by atoms with Crippen LogP contribution in [-0.2, 0) is 10.5 Å². The molecule has 2 heterocycles. The van der Waals surface area contributed by atoms with Crippen LogP contribution < -0.4 is 5.32 Å². The second-order valence-electron chi connectivity index (χ2n) is 4.56. The van der Waals surface area contributed by atoms with E-state index in [-0.39, 0.29) is 11.6 Å². The number of esters is 1. The van der Waals surface area contributed by atoms with Crippen LogP contribution in [0.1, 0.15) is 16.1 Å². The first-order valence-corrected chi connectivity index (χ1v) is 8.59. The number of ether oxygens (including phenoxy) is 1. The second kappa shape index (κ2) is 7.45. The molecule has 0 aliphatic carbocycles. The topological polar surface area (TPSA) is 77.2 Å². The predicted octanol–water partition coefficient (Wildman–Crippen LogP) is 4.09. The first-order chi connectivity index (χ1) is 11.7.